The molecule has 3 heteroatoms. The number of rotatable bonds is 4. The summed E-state index contributed by atoms with van der Waals surface area (Å²) in [5, 5.41) is 7.02. The summed E-state index contributed by atoms with van der Waals surface area (Å²) >= 11 is 1.63. The van der Waals surface area contributed by atoms with Gasteiger partial charge in [0, 0.05) is 6.42 Å². The van der Waals surface area contributed by atoms with Crippen molar-refractivity contribution in [2.24, 2.45) is 0 Å². The molecule has 0 aliphatic heterocycles. The van der Waals surface area contributed by atoms with Gasteiger partial charge in [0.1, 0.15) is 0 Å². The Balaban J connectivity index is 2.61. The summed E-state index contributed by atoms with van der Waals surface area (Å²) in [7, 11) is 1.81. The van der Waals surface area contributed by atoms with Crippen LogP contribution in [0.4, 0.5) is 0 Å². The zero-order chi connectivity index (χ0) is 9.90. The molecule has 0 aliphatic carbocycles. The van der Waals surface area contributed by atoms with Gasteiger partial charge in [-0.3, -0.25) is 4.79 Å². The molecule has 1 N–H and O–H groups in total. The average Bonchev–Trinajstić information content (AvgIpc) is 2.57. The van der Waals surface area contributed by atoms with Gasteiger partial charge in [0.2, 0.25) is 0 Å². The van der Waals surface area contributed by atoms with E-state index in [4.69, 9.17) is 0 Å². The normalized spacial score (nSPS) is 11.6. The third kappa shape index (κ3) is 2.64. The van der Waals surface area contributed by atoms with E-state index in [1.807, 2.05) is 37.7 Å². The molecule has 0 radical (unpaired) electrons. The summed E-state index contributed by atoms with van der Waals surface area (Å²) in [6, 6.07) is 1.99. The van der Waals surface area contributed by atoms with Crippen LogP contribution in [-0.4, -0.2) is 18.4 Å². The second kappa shape index (κ2) is 4.03. The lowest BCUT2D eigenvalue weighted by Crippen LogP contribution is -2.45. The molecule has 0 unspecified atom stereocenters. The summed E-state index contributed by atoms with van der Waals surface area (Å²) in [5.41, 5.74) is 0.695. The molecule has 0 bridgehead atoms. The molecule has 1 aromatic heterocycles. The Bertz CT molecular complexity index is 277. The Morgan fingerprint density at radius 3 is 2.77 bits per heavy atom. The third-order valence-electron chi connectivity index (χ3n) is 2.27. The molecule has 13 heavy (non-hydrogen) atoms. The zero-order valence-corrected chi connectivity index (χ0v) is 9.07. The van der Waals surface area contributed by atoms with Gasteiger partial charge >= 0.3 is 0 Å². The summed E-state index contributed by atoms with van der Waals surface area (Å²) in [6.07, 6.45) is 0.525. The van der Waals surface area contributed by atoms with Gasteiger partial charge in [0.05, 0.1) is 5.54 Å². The third-order valence-corrected chi connectivity index (χ3v) is 3.00. The predicted molar refractivity (Wildman–Crippen MR) is 56.2 cm³/mol. The van der Waals surface area contributed by atoms with E-state index in [0.717, 1.165) is 5.56 Å². The Morgan fingerprint density at radius 2 is 2.31 bits per heavy atom. The van der Waals surface area contributed by atoms with Crippen LogP contribution >= 0.6 is 11.3 Å². The van der Waals surface area contributed by atoms with Crippen molar-refractivity contribution in [2.45, 2.75) is 25.8 Å². The van der Waals surface area contributed by atoms with Crippen LogP contribution < -0.4 is 5.32 Å². The lowest BCUT2D eigenvalue weighted by atomic mass is 9.95. The highest BCUT2D eigenvalue weighted by Crippen LogP contribution is 2.12. The molecular weight excluding hydrogens is 182 g/mol. The first-order valence-electron chi connectivity index (χ1n) is 4.29. The minimum atomic E-state index is -0.415. The molecule has 0 amide bonds. The SMILES string of the molecule is CNC(C)(C)C(=O)Cc1ccsc1. The van der Waals surface area contributed by atoms with E-state index in [0.29, 0.717) is 6.42 Å². The second-order valence-corrected chi connectivity index (χ2v) is 4.39. The quantitative estimate of drug-likeness (QED) is 0.798. The fourth-order valence-corrected chi connectivity index (χ4v) is 1.61. The smallest absolute Gasteiger partial charge is 0.156 e. The minimum absolute atomic E-state index is 0.230. The van der Waals surface area contributed by atoms with Crippen molar-refractivity contribution in [1.82, 2.24) is 5.32 Å². The molecular formula is C10H15NOS. The number of likely N-dealkylation sites (N-methyl/N-ethyl adjacent to an activating group) is 1. The molecule has 1 aromatic rings. The lowest BCUT2D eigenvalue weighted by Gasteiger charge is -2.21. The first kappa shape index (κ1) is 10.4. The molecule has 0 atom stereocenters. The summed E-state index contributed by atoms with van der Waals surface area (Å²) in [4.78, 5) is 11.7. The second-order valence-electron chi connectivity index (χ2n) is 3.61. The van der Waals surface area contributed by atoms with Crippen LogP contribution in [0.5, 0.6) is 0 Å². The molecule has 0 saturated carbocycles. The van der Waals surface area contributed by atoms with E-state index in [2.05, 4.69) is 5.32 Å². The highest BCUT2D eigenvalue weighted by molar-refractivity contribution is 7.07. The van der Waals surface area contributed by atoms with E-state index < -0.39 is 5.54 Å². The van der Waals surface area contributed by atoms with Crippen LogP contribution in [0.3, 0.4) is 0 Å². The number of nitrogens with one attached hydrogen (secondary N) is 1. The summed E-state index contributed by atoms with van der Waals surface area (Å²) in [6.45, 7) is 3.81. The standard InChI is InChI=1S/C10H15NOS/c1-10(2,11-3)9(12)6-8-4-5-13-7-8/h4-5,7,11H,6H2,1-3H3. The van der Waals surface area contributed by atoms with E-state index in [1.165, 1.54) is 0 Å². The molecule has 0 aromatic carbocycles. The molecule has 0 spiro atoms. The number of hydrogen-bond acceptors (Lipinski definition) is 3. The maximum absolute atomic E-state index is 11.7. The Labute approximate surface area is 83.0 Å². The Morgan fingerprint density at radius 1 is 1.62 bits per heavy atom. The van der Waals surface area contributed by atoms with Crippen LogP contribution in [0.15, 0.2) is 16.8 Å². The summed E-state index contributed by atoms with van der Waals surface area (Å²) in [5.74, 6) is 0.230. The lowest BCUT2D eigenvalue weighted by molar-refractivity contribution is -0.123. The zero-order valence-electron chi connectivity index (χ0n) is 8.26. The van der Waals surface area contributed by atoms with Gasteiger partial charge < -0.3 is 5.32 Å². The van der Waals surface area contributed by atoms with E-state index in [1.54, 1.807) is 11.3 Å². The van der Waals surface area contributed by atoms with Crippen molar-refractivity contribution < 1.29 is 4.79 Å². The van der Waals surface area contributed by atoms with Gasteiger partial charge in [-0.15, -0.1) is 0 Å². The van der Waals surface area contributed by atoms with Gasteiger partial charge in [0.25, 0.3) is 0 Å². The van der Waals surface area contributed by atoms with Crippen LogP contribution in [-0.2, 0) is 11.2 Å². The van der Waals surface area contributed by atoms with E-state index in [9.17, 15) is 4.79 Å². The van der Waals surface area contributed by atoms with Gasteiger partial charge in [-0.1, -0.05) is 0 Å². The number of hydrogen-bond donors (Lipinski definition) is 1. The summed E-state index contributed by atoms with van der Waals surface area (Å²) < 4.78 is 0. The average molecular weight is 197 g/mol. The number of carbonyl (C=O) groups excluding carboxylic acids is 1. The van der Waals surface area contributed by atoms with E-state index >= 15 is 0 Å². The van der Waals surface area contributed by atoms with Crippen LogP contribution in [0.1, 0.15) is 19.4 Å². The topological polar surface area (TPSA) is 29.1 Å². The largest absolute Gasteiger partial charge is 0.308 e. The molecule has 0 aliphatic rings. The maximum Gasteiger partial charge on any atom is 0.156 e. The van der Waals surface area contributed by atoms with Crippen LogP contribution in [0.2, 0.25) is 0 Å². The Hall–Kier alpha value is -0.670. The predicted octanol–water partition coefficient (Wildman–Crippen LogP) is 1.86. The van der Waals surface area contributed by atoms with Crippen molar-refractivity contribution in [3.8, 4) is 0 Å². The number of ketones is 1. The van der Waals surface area contributed by atoms with Crippen molar-refractivity contribution in [3.63, 3.8) is 0 Å². The van der Waals surface area contributed by atoms with E-state index in [-0.39, 0.29) is 5.78 Å². The number of carbonyl (C=O) groups is 1. The fraction of sp³-hybridized carbons (Fsp3) is 0.500. The number of Topliss-reactive ketones (excluding diaryl/α,β-unsaturated/α-hetero) is 1. The van der Waals surface area contributed by atoms with Gasteiger partial charge in [-0.05, 0) is 43.3 Å². The van der Waals surface area contributed by atoms with Crippen molar-refractivity contribution >= 4 is 17.1 Å². The van der Waals surface area contributed by atoms with Crippen molar-refractivity contribution in [3.05, 3.63) is 22.4 Å². The maximum atomic E-state index is 11.7. The van der Waals surface area contributed by atoms with Crippen molar-refractivity contribution in [1.29, 1.82) is 0 Å². The molecule has 1 heterocycles. The van der Waals surface area contributed by atoms with Crippen molar-refractivity contribution in [2.75, 3.05) is 7.05 Å². The minimum Gasteiger partial charge on any atom is -0.308 e. The van der Waals surface area contributed by atoms with Gasteiger partial charge in [0.15, 0.2) is 5.78 Å². The monoisotopic (exact) mass is 197 g/mol. The molecule has 2 nitrogen and oxygen atoms in total. The fourth-order valence-electron chi connectivity index (χ4n) is 0.939. The molecule has 1 rings (SSSR count). The highest BCUT2D eigenvalue weighted by Gasteiger charge is 2.24. The van der Waals surface area contributed by atoms with Crippen LogP contribution in [0, 0.1) is 0 Å². The number of thiophene rings is 1. The molecule has 0 fully saturated rings. The first-order chi connectivity index (χ1) is 6.06. The first-order valence-corrected chi connectivity index (χ1v) is 5.24. The molecule has 72 valence electrons. The molecule has 0 saturated heterocycles. The highest BCUT2D eigenvalue weighted by atomic mass is 32.1. The van der Waals surface area contributed by atoms with Crippen LogP contribution in [0.25, 0.3) is 0 Å². The van der Waals surface area contributed by atoms with Gasteiger partial charge in [-0.25, -0.2) is 0 Å². The Kier molecular flexibility index (Phi) is 3.22. The van der Waals surface area contributed by atoms with Gasteiger partial charge in [-0.2, -0.15) is 11.3 Å².